The van der Waals surface area contributed by atoms with E-state index in [0.717, 1.165) is 12.1 Å². The average molecular weight is 300 g/mol. The van der Waals surface area contributed by atoms with Crippen molar-refractivity contribution in [2.45, 2.75) is 0 Å². The normalized spacial score (nSPS) is 10.4. The van der Waals surface area contributed by atoms with Crippen molar-refractivity contribution in [3.05, 3.63) is 59.2 Å². The van der Waals surface area contributed by atoms with E-state index in [-0.39, 0.29) is 21.9 Å². The van der Waals surface area contributed by atoms with Crippen LogP contribution >= 0.6 is 12.2 Å². The molecule has 2 rings (SSSR count). The Morgan fingerprint density at radius 3 is 2.10 bits per heavy atom. The van der Waals surface area contributed by atoms with Crippen molar-refractivity contribution < 1.29 is 17.6 Å². The molecule has 0 radical (unpaired) electrons. The van der Waals surface area contributed by atoms with Gasteiger partial charge in [-0.3, -0.25) is 0 Å². The molecule has 0 spiro atoms. The van der Waals surface area contributed by atoms with Crippen LogP contribution in [0.4, 0.5) is 28.9 Å². The van der Waals surface area contributed by atoms with E-state index >= 15 is 0 Å². The minimum absolute atomic E-state index is 0.0520. The molecule has 0 saturated heterocycles. The Labute approximate surface area is 117 Å². The lowest BCUT2D eigenvalue weighted by Gasteiger charge is -2.10. The summed E-state index contributed by atoms with van der Waals surface area (Å²) >= 11 is 4.57. The fourth-order valence-electron chi connectivity index (χ4n) is 1.62. The van der Waals surface area contributed by atoms with Crippen LogP contribution in [-0.2, 0) is 0 Å². The van der Waals surface area contributed by atoms with Crippen molar-refractivity contribution in [1.29, 1.82) is 0 Å². The van der Waals surface area contributed by atoms with E-state index < -0.39 is 23.3 Å². The van der Waals surface area contributed by atoms with Crippen molar-refractivity contribution >= 4 is 28.6 Å². The van der Waals surface area contributed by atoms with Crippen LogP contribution in [-0.4, -0.2) is 4.99 Å². The molecule has 0 bridgehead atoms. The van der Waals surface area contributed by atoms with Crippen LogP contribution < -0.4 is 11.1 Å². The van der Waals surface area contributed by atoms with Crippen molar-refractivity contribution in [3.63, 3.8) is 0 Å². The first-order valence-corrected chi connectivity index (χ1v) is 5.80. The van der Waals surface area contributed by atoms with Gasteiger partial charge in [-0.25, -0.2) is 17.6 Å². The Hall–Kier alpha value is -2.15. The minimum Gasteiger partial charge on any atom is -0.389 e. The van der Waals surface area contributed by atoms with Gasteiger partial charge in [-0.1, -0.05) is 12.2 Å². The lowest BCUT2D eigenvalue weighted by Crippen LogP contribution is -2.13. The van der Waals surface area contributed by atoms with Gasteiger partial charge >= 0.3 is 0 Å². The molecule has 2 aromatic rings. The molecular formula is C13H8F4N2S. The largest absolute Gasteiger partial charge is 0.389 e. The fourth-order valence-corrected chi connectivity index (χ4v) is 1.78. The summed E-state index contributed by atoms with van der Waals surface area (Å²) in [6.45, 7) is 0. The first kappa shape index (κ1) is 14.3. The lowest BCUT2D eigenvalue weighted by atomic mass is 10.1. The molecule has 0 amide bonds. The third-order valence-corrected chi connectivity index (χ3v) is 2.71. The highest BCUT2D eigenvalue weighted by molar-refractivity contribution is 7.80. The number of nitrogens with one attached hydrogen (secondary N) is 1. The SMILES string of the molecule is NC(=S)c1ccc(Nc2cc(F)cc(F)c2)c(F)c1F. The van der Waals surface area contributed by atoms with Gasteiger partial charge in [0.1, 0.15) is 16.6 Å². The van der Waals surface area contributed by atoms with Gasteiger partial charge in [0.25, 0.3) is 0 Å². The van der Waals surface area contributed by atoms with Crippen molar-refractivity contribution in [2.24, 2.45) is 5.73 Å². The molecule has 0 heterocycles. The summed E-state index contributed by atoms with van der Waals surface area (Å²) in [6, 6.07) is 4.91. The van der Waals surface area contributed by atoms with Gasteiger partial charge in [0.15, 0.2) is 11.6 Å². The highest BCUT2D eigenvalue weighted by atomic mass is 32.1. The fraction of sp³-hybridized carbons (Fsp3) is 0. The molecule has 3 N–H and O–H groups in total. The van der Waals surface area contributed by atoms with E-state index in [2.05, 4.69) is 17.5 Å². The van der Waals surface area contributed by atoms with Gasteiger partial charge < -0.3 is 11.1 Å². The van der Waals surface area contributed by atoms with E-state index in [9.17, 15) is 17.6 Å². The van der Waals surface area contributed by atoms with Crippen LogP contribution in [0.3, 0.4) is 0 Å². The number of benzene rings is 2. The molecule has 0 aromatic heterocycles. The molecule has 0 aliphatic rings. The van der Waals surface area contributed by atoms with Crippen LogP contribution in [0.5, 0.6) is 0 Å². The highest BCUT2D eigenvalue weighted by Crippen LogP contribution is 2.25. The first-order valence-electron chi connectivity index (χ1n) is 5.39. The van der Waals surface area contributed by atoms with Gasteiger partial charge in [0.2, 0.25) is 0 Å². The monoisotopic (exact) mass is 300 g/mol. The summed E-state index contributed by atoms with van der Waals surface area (Å²) in [5.74, 6) is -4.14. The third kappa shape index (κ3) is 2.88. The Kier molecular flexibility index (Phi) is 3.89. The number of anilines is 2. The number of hydrogen-bond acceptors (Lipinski definition) is 2. The third-order valence-electron chi connectivity index (χ3n) is 2.49. The van der Waals surface area contributed by atoms with Gasteiger partial charge in [-0.15, -0.1) is 0 Å². The minimum atomic E-state index is -1.24. The second-order valence-electron chi connectivity index (χ2n) is 3.94. The molecule has 2 aromatic carbocycles. The summed E-state index contributed by atoms with van der Waals surface area (Å²) in [4.78, 5) is -0.287. The second kappa shape index (κ2) is 5.46. The summed E-state index contributed by atoms with van der Waals surface area (Å²) in [7, 11) is 0. The smallest absolute Gasteiger partial charge is 0.182 e. The van der Waals surface area contributed by atoms with Crippen LogP contribution in [0, 0.1) is 23.3 Å². The van der Waals surface area contributed by atoms with E-state index in [1.54, 1.807) is 0 Å². The summed E-state index contributed by atoms with van der Waals surface area (Å²) in [5, 5.41) is 2.38. The topological polar surface area (TPSA) is 38.0 Å². The van der Waals surface area contributed by atoms with Gasteiger partial charge in [0, 0.05) is 17.3 Å². The maximum absolute atomic E-state index is 13.8. The predicted octanol–water partition coefficient (Wildman–Crippen LogP) is 3.62. The van der Waals surface area contributed by atoms with Crippen molar-refractivity contribution in [1.82, 2.24) is 0 Å². The number of thiocarbonyl (C=S) groups is 1. The first-order chi connectivity index (χ1) is 9.38. The van der Waals surface area contributed by atoms with E-state index in [1.807, 2.05) is 0 Å². The summed E-state index contributed by atoms with van der Waals surface area (Å²) in [5.41, 5.74) is 4.65. The maximum Gasteiger partial charge on any atom is 0.182 e. The molecule has 0 aliphatic heterocycles. The zero-order valence-electron chi connectivity index (χ0n) is 9.88. The second-order valence-corrected chi connectivity index (χ2v) is 4.38. The molecule has 2 nitrogen and oxygen atoms in total. The highest BCUT2D eigenvalue weighted by Gasteiger charge is 2.15. The Balaban J connectivity index is 2.39. The Bertz CT molecular complexity index is 668. The Morgan fingerprint density at radius 2 is 1.55 bits per heavy atom. The number of halogens is 4. The van der Waals surface area contributed by atoms with Crippen LogP contribution in [0.2, 0.25) is 0 Å². The predicted molar refractivity (Wildman–Crippen MR) is 71.9 cm³/mol. The van der Waals surface area contributed by atoms with Crippen molar-refractivity contribution in [2.75, 3.05) is 5.32 Å². The maximum atomic E-state index is 13.8. The van der Waals surface area contributed by atoms with Crippen LogP contribution in [0.15, 0.2) is 30.3 Å². The molecule has 20 heavy (non-hydrogen) atoms. The zero-order chi connectivity index (χ0) is 14.9. The van der Waals surface area contributed by atoms with Crippen molar-refractivity contribution in [3.8, 4) is 0 Å². The molecule has 0 aliphatic carbocycles. The van der Waals surface area contributed by atoms with Crippen LogP contribution in [0.1, 0.15) is 5.56 Å². The van der Waals surface area contributed by atoms with Gasteiger partial charge in [0.05, 0.1) is 5.69 Å². The summed E-state index contributed by atoms with van der Waals surface area (Å²) < 4.78 is 53.4. The molecule has 0 atom stereocenters. The molecular weight excluding hydrogens is 292 g/mol. The number of hydrogen-bond donors (Lipinski definition) is 2. The molecule has 7 heteroatoms. The molecule has 0 saturated carbocycles. The van der Waals surface area contributed by atoms with E-state index in [1.165, 1.54) is 12.1 Å². The molecule has 104 valence electrons. The van der Waals surface area contributed by atoms with Gasteiger partial charge in [-0.05, 0) is 24.3 Å². The van der Waals surface area contributed by atoms with Crippen LogP contribution in [0.25, 0.3) is 0 Å². The average Bonchev–Trinajstić information content (AvgIpc) is 2.33. The lowest BCUT2D eigenvalue weighted by molar-refractivity contribution is 0.510. The van der Waals surface area contributed by atoms with Gasteiger partial charge in [-0.2, -0.15) is 0 Å². The zero-order valence-corrected chi connectivity index (χ0v) is 10.7. The number of rotatable bonds is 3. The standard InChI is InChI=1S/C13H8F4N2S/c14-6-3-7(15)5-8(4-6)19-10-2-1-9(13(18)20)11(16)12(10)17/h1-5,19H,(H2,18,20). The molecule has 0 unspecified atom stereocenters. The van der Waals surface area contributed by atoms with E-state index in [0.29, 0.717) is 6.07 Å². The Morgan fingerprint density at radius 1 is 0.950 bits per heavy atom. The quantitative estimate of drug-likeness (QED) is 0.671. The van der Waals surface area contributed by atoms with E-state index in [4.69, 9.17) is 5.73 Å². The summed E-state index contributed by atoms with van der Waals surface area (Å²) in [6.07, 6.45) is 0. The molecule has 0 fully saturated rings. The number of nitrogens with two attached hydrogens (primary N) is 1.